The third-order valence-electron chi connectivity index (χ3n) is 3.62. The summed E-state index contributed by atoms with van der Waals surface area (Å²) in [6.45, 7) is 9.75. The van der Waals surface area contributed by atoms with Gasteiger partial charge >= 0.3 is 0 Å². The molecule has 0 aliphatic rings. The summed E-state index contributed by atoms with van der Waals surface area (Å²) in [6, 6.07) is 5.32. The van der Waals surface area contributed by atoms with Gasteiger partial charge in [0.1, 0.15) is 11.6 Å². The Hall–Kier alpha value is -2.04. The topological polar surface area (TPSA) is 67.2 Å². The van der Waals surface area contributed by atoms with E-state index < -0.39 is 0 Å². The molecule has 114 valence electrons. The number of anilines is 1. The molecule has 1 heterocycles. The van der Waals surface area contributed by atoms with E-state index in [2.05, 4.69) is 22.5 Å². The number of benzene rings is 1. The molecular weight excluding hydrogens is 266 g/mol. The first-order valence-electron chi connectivity index (χ1n) is 7.26. The standard InChI is InChI=1S/C16H23N3O2/c1-6-16(4,5)19-15(20)10(2)17-12-7-8-14-13(9-12)18-11(3)21-14/h7-10,17H,6H2,1-5H3,(H,19,20). The number of amides is 1. The van der Waals surface area contributed by atoms with E-state index in [9.17, 15) is 4.79 Å². The molecule has 1 unspecified atom stereocenters. The van der Waals surface area contributed by atoms with Crippen molar-refractivity contribution in [2.24, 2.45) is 0 Å². The van der Waals surface area contributed by atoms with Crippen LogP contribution in [0.4, 0.5) is 5.69 Å². The normalized spacial score (nSPS) is 13.2. The first-order valence-corrected chi connectivity index (χ1v) is 7.26. The van der Waals surface area contributed by atoms with Gasteiger partial charge in [-0.05, 0) is 45.4 Å². The van der Waals surface area contributed by atoms with Gasteiger partial charge in [-0.25, -0.2) is 4.98 Å². The molecule has 2 N–H and O–H groups in total. The molecule has 1 atom stereocenters. The Kier molecular flexibility index (Phi) is 4.21. The highest BCUT2D eigenvalue weighted by atomic mass is 16.3. The average Bonchev–Trinajstić information content (AvgIpc) is 2.77. The van der Waals surface area contributed by atoms with Crippen LogP contribution in [0.25, 0.3) is 11.1 Å². The molecule has 0 saturated carbocycles. The van der Waals surface area contributed by atoms with E-state index in [1.165, 1.54) is 0 Å². The van der Waals surface area contributed by atoms with Crippen LogP contribution in [-0.4, -0.2) is 22.5 Å². The molecule has 0 bridgehead atoms. The van der Waals surface area contributed by atoms with Gasteiger partial charge in [0.15, 0.2) is 11.5 Å². The predicted molar refractivity (Wildman–Crippen MR) is 84.3 cm³/mol. The van der Waals surface area contributed by atoms with Crippen LogP contribution < -0.4 is 10.6 Å². The number of carbonyl (C=O) groups is 1. The Bertz CT molecular complexity index is 646. The van der Waals surface area contributed by atoms with Crippen LogP contribution in [0.5, 0.6) is 0 Å². The number of oxazole rings is 1. The maximum absolute atomic E-state index is 12.2. The van der Waals surface area contributed by atoms with Crippen molar-refractivity contribution in [3.63, 3.8) is 0 Å². The second-order valence-electron chi connectivity index (χ2n) is 6.01. The number of fused-ring (bicyclic) bond motifs is 1. The largest absolute Gasteiger partial charge is 0.441 e. The summed E-state index contributed by atoms with van der Waals surface area (Å²) < 4.78 is 5.44. The van der Waals surface area contributed by atoms with Gasteiger partial charge in [0.05, 0.1) is 0 Å². The third-order valence-corrected chi connectivity index (χ3v) is 3.62. The SMILES string of the molecule is CCC(C)(C)NC(=O)C(C)Nc1ccc2oc(C)nc2c1. The van der Waals surface area contributed by atoms with Crippen LogP contribution in [0.1, 0.15) is 40.0 Å². The number of nitrogens with one attached hydrogen (secondary N) is 2. The lowest BCUT2D eigenvalue weighted by Gasteiger charge is -2.27. The van der Waals surface area contributed by atoms with Crippen LogP contribution in [0.2, 0.25) is 0 Å². The molecule has 5 heteroatoms. The second-order valence-corrected chi connectivity index (χ2v) is 6.01. The lowest BCUT2D eigenvalue weighted by molar-refractivity contribution is -0.123. The van der Waals surface area contributed by atoms with Crippen molar-refractivity contribution in [3.05, 3.63) is 24.1 Å². The van der Waals surface area contributed by atoms with Gasteiger partial charge in [-0.15, -0.1) is 0 Å². The minimum absolute atomic E-state index is 0.0155. The molecule has 1 amide bonds. The molecule has 21 heavy (non-hydrogen) atoms. The van der Waals surface area contributed by atoms with Crippen LogP contribution in [0, 0.1) is 6.92 Å². The van der Waals surface area contributed by atoms with E-state index in [1.54, 1.807) is 0 Å². The summed E-state index contributed by atoms with van der Waals surface area (Å²) in [4.78, 5) is 16.5. The lowest BCUT2D eigenvalue weighted by atomic mass is 10.0. The minimum atomic E-state index is -0.318. The van der Waals surface area contributed by atoms with E-state index in [0.29, 0.717) is 5.89 Å². The summed E-state index contributed by atoms with van der Waals surface area (Å²) in [6.07, 6.45) is 0.885. The highest BCUT2D eigenvalue weighted by molar-refractivity contribution is 5.86. The number of aryl methyl sites for hydroxylation is 1. The molecule has 0 radical (unpaired) electrons. The van der Waals surface area contributed by atoms with Crippen molar-refractivity contribution in [2.75, 3.05) is 5.32 Å². The third kappa shape index (κ3) is 3.74. The van der Waals surface area contributed by atoms with Gasteiger partial charge in [0, 0.05) is 18.2 Å². The summed E-state index contributed by atoms with van der Waals surface area (Å²) >= 11 is 0. The maximum Gasteiger partial charge on any atom is 0.242 e. The fourth-order valence-corrected chi connectivity index (χ4v) is 1.98. The Morgan fingerprint density at radius 3 is 2.81 bits per heavy atom. The number of aromatic nitrogens is 1. The Morgan fingerprint density at radius 2 is 2.14 bits per heavy atom. The van der Waals surface area contributed by atoms with Gasteiger partial charge in [-0.3, -0.25) is 4.79 Å². The second kappa shape index (κ2) is 5.76. The van der Waals surface area contributed by atoms with Gasteiger partial charge in [-0.2, -0.15) is 0 Å². The van der Waals surface area contributed by atoms with Crippen molar-refractivity contribution in [1.82, 2.24) is 10.3 Å². The van der Waals surface area contributed by atoms with Crippen molar-refractivity contribution in [3.8, 4) is 0 Å². The van der Waals surface area contributed by atoms with Gasteiger partial charge in [0.25, 0.3) is 0 Å². The fraction of sp³-hybridized carbons (Fsp3) is 0.500. The summed E-state index contributed by atoms with van der Waals surface area (Å²) in [5.41, 5.74) is 2.20. The number of hydrogen-bond acceptors (Lipinski definition) is 4. The van der Waals surface area contributed by atoms with Crippen molar-refractivity contribution in [1.29, 1.82) is 0 Å². The summed E-state index contributed by atoms with van der Waals surface area (Å²) in [5.74, 6) is 0.621. The first-order chi connectivity index (χ1) is 9.80. The number of rotatable bonds is 5. The molecule has 0 aliphatic heterocycles. The molecule has 5 nitrogen and oxygen atoms in total. The molecule has 0 fully saturated rings. The summed E-state index contributed by atoms with van der Waals surface area (Å²) in [7, 11) is 0. The molecule has 1 aromatic carbocycles. The maximum atomic E-state index is 12.2. The number of nitrogens with zero attached hydrogens (tertiary/aromatic N) is 1. The molecular formula is C16H23N3O2. The molecule has 1 aromatic heterocycles. The molecule has 0 saturated heterocycles. The quantitative estimate of drug-likeness (QED) is 0.886. The summed E-state index contributed by atoms with van der Waals surface area (Å²) in [5, 5.41) is 6.23. The zero-order chi connectivity index (χ0) is 15.6. The lowest BCUT2D eigenvalue weighted by Crippen LogP contribution is -2.48. The van der Waals surface area contributed by atoms with E-state index >= 15 is 0 Å². The van der Waals surface area contributed by atoms with E-state index in [4.69, 9.17) is 4.42 Å². The monoisotopic (exact) mass is 289 g/mol. The molecule has 0 spiro atoms. The van der Waals surface area contributed by atoms with E-state index in [-0.39, 0.29) is 17.5 Å². The zero-order valence-electron chi connectivity index (χ0n) is 13.3. The molecule has 0 aliphatic carbocycles. The minimum Gasteiger partial charge on any atom is -0.441 e. The molecule has 2 rings (SSSR count). The van der Waals surface area contributed by atoms with Gasteiger partial charge in [-0.1, -0.05) is 6.92 Å². The average molecular weight is 289 g/mol. The zero-order valence-corrected chi connectivity index (χ0v) is 13.3. The Morgan fingerprint density at radius 1 is 1.43 bits per heavy atom. The fourth-order valence-electron chi connectivity index (χ4n) is 1.98. The van der Waals surface area contributed by atoms with E-state index in [1.807, 2.05) is 45.9 Å². The van der Waals surface area contributed by atoms with Crippen molar-refractivity contribution >= 4 is 22.7 Å². The van der Waals surface area contributed by atoms with Crippen LogP contribution in [-0.2, 0) is 4.79 Å². The Labute approximate surface area is 125 Å². The predicted octanol–water partition coefficient (Wildman–Crippen LogP) is 3.24. The number of hydrogen-bond donors (Lipinski definition) is 2. The Balaban J connectivity index is 2.06. The van der Waals surface area contributed by atoms with E-state index in [0.717, 1.165) is 23.2 Å². The number of carbonyl (C=O) groups excluding carboxylic acids is 1. The highest BCUT2D eigenvalue weighted by Gasteiger charge is 2.21. The van der Waals surface area contributed by atoms with Crippen molar-refractivity contribution < 1.29 is 9.21 Å². The van der Waals surface area contributed by atoms with Gasteiger partial charge in [0.2, 0.25) is 5.91 Å². The van der Waals surface area contributed by atoms with Crippen LogP contribution >= 0.6 is 0 Å². The first kappa shape index (κ1) is 15.4. The highest BCUT2D eigenvalue weighted by Crippen LogP contribution is 2.20. The smallest absolute Gasteiger partial charge is 0.242 e. The van der Waals surface area contributed by atoms with Crippen LogP contribution in [0.15, 0.2) is 22.6 Å². The van der Waals surface area contributed by atoms with Crippen molar-refractivity contribution in [2.45, 2.75) is 52.6 Å². The van der Waals surface area contributed by atoms with Crippen LogP contribution in [0.3, 0.4) is 0 Å². The molecule has 2 aromatic rings. The van der Waals surface area contributed by atoms with Gasteiger partial charge < -0.3 is 15.1 Å².